The minimum atomic E-state index is -4.04. The second-order valence-electron chi connectivity index (χ2n) is 6.16. The summed E-state index contributed by atoms with van der Waals surface area (Å²) >= 11 is 0. The van der Waals surface area contributed by atoms with Crippen LogP contribution < -0.4 is 14.8 Å². The number of benzene rings is 2. The van der Waals surface area contributed by atoms with Gasteiger partial charge in [0, 0.05) is 18.0 Å². The summed E-state index contributed by atoms with van der Waals surface area (Å²) in [5, 5.41) is 3.25. The zero-order valence-corrected chi connectivity index (χ0v) is 13.9. The Labute approximate surface area is 144 Å². The maximum Gasteiger partial charge on any atom is 0.262 e. The van der Waals surface area contributed by atoms with E-state index in [-0.39, 0.29) is 16.9 Å². The third-order valence-electron chi connectivity index (χ3n) is 4.59. The van der Waals surface area contributed by atoms with Crippen LogP contribution in [0.1, 0.15) is 17.9 Å². The van der Waals surface area contributed by atoms with E-state index < -0.39 is 27.3 Å². The van der Waals surface area contributed by atoms with E-state index in [1.165, 1.54) is 18.2 Å². The van der Waals surface area contributed by atoms with Gasteiger partial charge in [-0.05, 0) is 43.3 Å². The first kappa shape index (κ1) is 16.3. The topological polar surface area (TPSA) is 67.4 Å². The molecule has 0 bridgehead atoms. The maximum absolute atomic E-state index is 13.8. The predicted octanol–water partition coefficient (Wildman–Crippen LogP) is 2.60. The zero-order chi connectivity index (χ0) is 17.6. The number of ether oxygens (including phenoxy) is 1. The molecule has 0 aliphatic carbocycles. The van der Waals surface area contributed by atoms with Gasteiger partial charge >= 0.3 is 0 Å². The van der Waals surface area contributed by atoms with Crippen molar-refractivity contribution < 1.29 is 21.9 Å². The van der Waals surface area contributed by atoms with E-state index in [0.29, 0.717) is 12.3 Å². The summed E-state index contributed by atoms with van der Waals surface area (Å²) in [5.74, 6) is -1.53. The largest absolute Gasteiger partial charge is 0.488 e. The average molecular weight is 366 g/mol. The average Bonchev–Trinajstić information content (AvgIpc) is 2.97. The van der Waals surface area contributed by atoms with Crippen molar-refractivity contribution in [3.63, 3.8) is 0 Å². The van der Waals surface area contributed by atoms with Gasteiger partial charge in [-0.25, -0.2) is 17.2 Å². The van der Waals surface area contributed by atoms with Crippen molar-refractivity contribution in [3.05, 3.63) is 53.6 Å². The smallest absolute Gasteiger partial charge is 0.262 e. The summed E-state index contributed by atoms with van der Waals surface area (Å²) in [7, 11) is -4.04. The number of anilines is 1. The quantitative estimate of drug-likeness (QED) is 0.876. The molecule has 2 N–H and O–H groups in total. The van der Waals surface area contributed by atoms with Crippen LogP contribution in [-0.2, 0) is 10.0 Å². The summed E-state index contributed by atoms with van der Waals surface area (Å²) in [4.78, 5) is -0.00214. The fraction of sp³-hybridized carbons (Fsp3) is 0.294. The zero-order valence-electron chi connectivity index (χ0n) is 13.1. The Morgan fingerprint density at radius 2 is 2.04 bits per heavy atom. The van der Waals surface area contributed by atoms with Crippen molar-refractivity contribution in [2.75, 3.05) is 17.8 Å². The molecule has 2 aliphatic rings. The highest BCUT2D eigenvalue weighted by Gasteiger charge is 2.37. The van der Waals surface area contributed by atoms with E-state index in [9.17, 15) is 17.2 Å². The normalized spacial score (nSPS) is 22.0. The molecule has 0 saturated carbocycles. The van der Waals surface area contributed by atoms with Gasteiger partial charge in [-0.3, -0.25) is 4.72 Å². The van der Waals surface area contributed by atoms with Gasteiger partial charge in [-0.1, -0.05) is 6.07 Å². The maximum atomic E-state index is 13.8. The number of piperidine rings is 1. The monoisotopic (exact) mass is 366 g/mol. The molecule has 8 heteroatoms. The molecule has 1 saturated heterocycles. The van der Waals surface area contributed by atoms with E-state index in [4.69, 9.17) is 4.74 Å². The van der Waals surface area contributed by atoms with Gasteiger partial charge in [0.05, 0.1) is 10.6 Å². The Hall–Kier alpha value is -2.19. The SMILES string of the molecule is O=S(=O)(Nc1cccc(F)c1F)c1ccc2c(c1)C1CCNCC1O2. The van der Waals surface area contributed by atoms with Crippen molar-refractivity contribution in [1.29, 1.82) is 0 Å². The van der Waals surface area contributed by atoms with Crippen molar-refractivity contribution in [1.82, 2.24) is 5.32 Å². The highest BCUT2D eigenvalue weighted by atomic mass is 32.2. The molecule has 5 nitrogen and oxygen atoms in total. The molecule has 132 valence electrons. The standard InChI is InChI=1S/C17H16F2N2O3S/c18-13-2-1-3-14(17(13)19)21-25(22,23)10-4-5-15-12(8-10)11-6-7-20-9-16(11)24-15/h1-5,8,11,16,20-21H,6-7,9H2. The second-order valence-corrected chi connectivity index (χ2v) is 7.84. The molecule has 4 rings (SSSR count). The van der Waals surface area contributed by atoms with Crippen molar-refractivity contribution in [2.24, 2.45) is 0 Å². The fourth-order valence-electron chi connectivity index (χ4n) is 3.35. The Morgan fingerprint density at radius 1 is 1.20 bits per heavy atom. The molecule has 1 fully saturated rings. The molecule has 0 radical (unpaired) electrons. The van der Waals surface area contributed by atoms with Gasteiger partial charge in [-0.2, -0.15) is 0 Å². The van der Waals surface area contributed by atoms with Crippen LogP contribution in [0.4, 0.5) is 14.5 Å². The fourth-order valence-corrected chi connectivity index (χ4v) is 4.44. The lowest BCUT2D eigenvalue weighted by Crippen LogP contribution is -2.39. The number of sulfonamides is 1. The third kappa shape index (κ3) is 2.85. The molecule has 2 aromatic carbocycles. The lowest BCUT2D eigenvalue weighted by molar-refractivity contribution is 0.177. The van der Waals surface area contributed by atoms with Gasteiger partial charge in [0.15, 0.2) is 11.6 Å². The summed E-state index contributed by atoms with van der Waals surface area (Å²) in [6, 6.07) is 7.93. The van der Waals surface area contributed by atoms with Gasteiger partial charge in [-0.15, -0.1) is 0 Å². The highest BCUT2D eigenvalue weighted by molar-refractivity contribution is 7.92. The van der Waals surface area contributed by atoms with Crippen LogP contribution in [0.2, 0.25) is 0 Å². The van der Waals surface area contributed by atoms with E-state index >= 15 is 0 Å². The molecule has 25 heavy (non-hydrogen) atoms. The summed E-state index contributed by atoms with van der Waals surface area (Å²) in [5.41, 5.74) is 0.422. The predicted molar refractivity (Wildman–Crippen MR) is 88.3 cm³/mol. The summed E-state index contributed by atoms with van der Waals surface area (Å²) in [6.45, 7) is 1.56. The van der Waals surface area contributed by atoms with Gasteiger partial charge in [0.2, 0.25) is 0 Å². The highest BCUT2D eigenvalue weighted by Crippen LogP contribution is 2.42. The number of nitrogens with one attached hydrogen (secondary N) is 2. The molecule has 2 aromatic rings. The Kier molecular flexibility index (Phi) is 3.88. The van der Waals surface area contributed by atoms with Crippen LogP contribution >= 0.6 is 0 Å². The van der Waals surface area contributed by atoms with Gasteiger partial charge < -0.3 is 10.1 Å². The third-order valence-corrected chi connectivity index (χ3v) is 5.95. The molecule has 0 spiro atoms. The first-order chi connectivity index (χ1) is 12.0. The molecule has 0 aromatic heterocycles. The van der Waals surface area contributed by atoms with Crippen molar-refractivity contribution in [2.45, 2.75) is 23.3 Å². The second kappa shape index (κ2) is 5.96. The minimum absolute atomic E-state index is 0.00214. The Balaban J connectivity index is 1.67. The van der Waals surface area contributed by atoms with Crippen LogP contribution in [-0.4, -0.2) is 27.6 Å². The molecule has 2 heterocycles. The first-order valence-electron chi connectivity index (χ1n) is 7.94. The Bertz CT molecular complexity index is 933. The molecule has 2 aliphatic heterocycles. The van der Waals surface area contributed by atoms with E-state index in [2.05, 4.69) is 10.0 Å². The van der Waals surface area contributed by atoms with Crippen molar-refractivity contribution >= 4 is 15.7 Å². The summed E-state index contributed by atoms with van der Waals surface area (Å²) in [6.07, 6.45) is 0.850. The van der Waals surface area contributed by atoms with Crippen LogP contribution in [0.3, 0.4) is 0 Å². The number of hydrogen-bond donors (Lipinski definition) is 2. The van der Waals surface area contributed by atoms with Gasteiger partial charge in [0.1, 0.15) is 11.9 Å². The van der Waals surface area contributed by atoms with E-state index in [0.717, 1.165) is 24.6 Å². The van der Waals surface area contributed by atoms with Crippen molar-refractivity contribution in [3.8, 4) is 5.75 Å². The lowest BCUT2D eigenvalue weighted by Gasteiger charge is -2.24. The molecule has 2 atom stereocenters. The summed E-state index contributed by atoms with van der Waals surface area (Å²) < 4.78 is 60.1. The van der Waals surface area contributed by atoms with E-state index in [1.54, 1.807) is 12.1 Å². The number of fused-ring (bicyclic) bond motifs is 3. The van der Waals surface area contributed by atoms with Gasteiger partial charge in [0.25, 0.3) is 10.0 Å². The number of hydrogen-bond acceptors (Lipinski definition) is 4. The van der Waals surface area contributed by atoms with Crippen LogP contribution in [0.15, 0.2) is 41.3 Å². The van der Waals surface area contributed by atoms with Crippen LogP contribution in [0.5, 0.6) is 5.75 Å². The first-order valence-corrected chi connectivity index (χ1v) is 9.42. The Morgan fingerprint density at radius 3 is 2.88 bits per heavy atom. The molecular formula is C17H16F2N2O3S. The molecule has 0 amide bonds. The molecule has 2 unspecified atom stereocenters. The molecular weight excluding hydrogens is 350 g/mol. The van der Waals surface area contributed by atoms with E-state index in [1.807, 2.05) is 0 Å². The number of rotatable bonds is 3. The lowest BCUT2D eigenvalue weighted by atomic mass is 9.90. The number of halogens is 2. The van der Waals surface area contributed by atoms with Crippen LogP contribution in [0.25, 0.3) is 0 Å². The minimum Gasteiger partial charge on any atom is -0.488 e. The van der Waals surface area contributed by atoms with Crippen LogP contribution in [0, 0.1) is 11.6 Å².